The monoisotopic (exact) mass is 390 g/mol. The van der Waals surface area contributed by atoms with Crippen molar-refractivity contribution in [1.29, 1.82) is 5.26 Å². The highest BCUT2D eigenvalue weighted by molar-refractivity contribution is 6.01. The predicted molar refractivity (Wildman–Crippen MR) is 112 cm³/mol. The van der Waals surface area contributed by atoms with Crippen molar-refractivity contribution >= 4 is 12.0 Å². The average molecular weight is 390 g/mol. The summed E-state index contributed by atoms with van der Waals surface area (Å²) in [5.74, 6) is 0.847. The molecule has 0 spiro atoms. The molecule has 0 aromatic heterocycles. The van der Waals surface area contributed by atoms with Crippen molar-refractivity contribution in [2.45, 2.75) is 44.8 Å². The molecule has 3 rings (SSSR count). The number of hydrogen-bond acceptors (Lipinski definition) is 4. The molecule has 1 saturated carbocycles. The van der Waals surface area contributed by atoms with Crippen LogP contribution in [-0.4, -0.2) is 19.1 Å². The Morgan fingerprint density at radius 1 is 1.14 bits per heavy atom. The van der Waals surface area contributed by atoms with Gasteiger partial charge in [0.25, 0.3) is 5.91 Å². The second-order valence-electron chi connectivity index (χ2n) is 7.16. The molecule has 1 aliphatic rings. The van der Waals surface area contributed by atoms with Crippen LogP contribution in [0.25, 0.3) is 6.08 Å². The molecular weight excluding hydrogens is 364 g/mol. The number of amides is 1. The smallest absolute Gasteiger partial charge is 0.262 e. The van der Waals surface area contributed by atoms with Crippen molar-refractivity contribution in [2.24, 2.45) is 0 Å². The summed E-state index contributed by atoms with van der Waals surface area (Å²) in [6.45, 7) is 0.400. The van der Waals surface area contributed by atoms with Crippen molar-refractivity contribution in [3.05, 3.63) is 65.2 Å². The second-order valence-corrected chi connectivity index (χ2v) is 7.16. The number of carbonyl (C=O) groups excluding carboxylic acids is 1. The molecule has 0 saturated heterocycles. The molecule has 1 N–H and O–H groups in total. The summed E-state index contributed by atoms with van der Waals surface area (Å²) in [7, 11) is 1.58. The van der Waals surface area contributed by atoms with E-state index in [1.54, 1.807) is 31.4 Å². The largest absolute Gasteiger partial charge is 0.493 e. The molecule has 150 valence electrons. The quantitative estimate of drug-likeness (QED) is 0.553. The van der Waals surface area contributed by atoms with E-state index in [9.17, 15) is 10.1 Å². The number of benzene rings is 2. The van der Waals surface area contributed by atoms with Gasteiger partial charge in [-0.25, -0.2) is 0 Å². The van der Waals surface area contributed by atoms with Crippen LogP contribution in [0.1, 0.15) is 43.2 Å². The lowest BCUT2D eigenvalue weighted by atomic mass is 9.95. The highest BCUT2D eigenvalue weighted by Crippen LogP contribution is 2.30. The van der Waals surface area contributed by atoms with E-state index >= 15 is 0 Å². The van der Waals surface area contributed by atoms with E-state index < -0.39 is 0 Å². The van der Waals surface area contributed by atoms with Gasteiger partial charge in [0.2, 0.25) is 0 Å². The zero-order chi connectivity index (χ0) is 20.5. The predicted octanol–water partition coefficient (Wildman–Crippen LogP) is 4.63. The summed E-state index contributed by atoms with van der Waals surface area (Å²) < 4.78 is 11.3. The zero-order valence-electron chi connectivity index (χ0n) is 16.7. The van der Waals surface area contributed by atoms with Crippen molar-refractivity contribution < 1.29 is 14.3 Å². The minimum absolute atomic E-state index is 0.0924. The maximum Gasteiger partial charge on any atom is 0.262 e. The molecule has 0 atom stereocenters. The molecule has 0 bridgehead atoms. The normalized spacial score (nSPS) is 14.7. The van der Waals surface area contributed by atoms with Gasteiger partial charge in [-0.1, -0.05) is 55.7 Å². The van der Waals surface area contributed by atoms with Crippen molar-refractivity contribution in [3.8, 4) is 17.6 Å². The number of nitrogens with zero attached hydrogens (tertiary/aromatic N) is 1. The lowest BCUT2D eigenvalue weighted by molar-refractivity contribution is -0.117. The van der Waals surface area contributed by atoms with E-state index in [2.05, 4.69) is 5.32 Å². The molecule has 0 radical (unpaired) electrons. The SMILES string of the molecule is COc1ccc(/C=C(\C#N)C(=O)NC2CCCCC2)cc1OCc1ccccc1. The summed E-state index contributed by atoms with van der Waals surface area (Å²) in [5, 5.41) is 12.5. The Bertz CT molecular complexity index is 894. The number of carbonyl (C=O) groups is 1. The van der Waals surface area contributed by atoms with Crippen LogP contribution < -0.4 is 14.8 Å². The van der Waals surface area contributed by atoms with Crippen LogP contribution in [0.4, 0.5) is 0 Å². The fourth-order valence-corrected chi connectivity index (χ4v) is 3.46. The molecule has 29 heavy (non-hydrogen) atoms. The van der Waals surface area contributed by atoms with Crippen LogP contribution in [0.15, 0.2) is 54.1 Å². The molecule has 0 aliphatic heterocycles. The first-order valence-electron chi connectivity index (χ1n) is 9.97. The van der Waals surface area contributed by atoms with Gasteiger partial charge in [-0.2, -0.15) is 5.26 Å². The van der Waals surface area contributed by atoms with Crippen LogP contribution in [0, 0.1) is 11.3 Å². The Morgan fingerprint density at radius 2 is 1.90 bits per heavy atom. The van der Waals surface area contributed by atoms with Crippen LogP contribution in [-0.2, 0) is 11.4 Å². The maximum atomic E-state index is 12.5. The van der Waals surface area contributed by atoms with Crippen LogP contribution in [0.3, 0.4) is 0 Å². The van der Waals surface area contributed by atoms with E-state index in [1.165, 1.54) is 6.42 Å². The van der Waals surface area contributed by atoms with Gasteiger partial charge < -0.3 is 14.8 Å². The van der Waals surface area contributed by atoms with Gasteiger partial charge in [-0.15, -0.1) is 0 Å². The lowest BCUT2D eigenvalue weighted by Gasteiger charge is -2.22. The van der Waals surface area contributed by atoms with E-state index in [0.717, 1.165) is 31.2 Å². The number of ether oxygens (including phenoxy) is 2. The van der Waals surface area contributed by atoms with Crippen molar-refractivity contribution in [1.82, 2.24) is 5.32 Å². The van der Waals surface area contributed by atoms with E-state index in [1.807, 2.05) is 36.4 Å². The van der Waals surface area contributed by atoms with Gasteiger partial charge in [-0.05, 0) is 42.2 Å². The number of methoxy groups -OCH3 is 1. The Labute approximate surface area is 172 Å². The molecule has 0 unspecified atom stereocenters. The van der Waals surface area contributed by atoms with Crippen molar-refractivity contribution in [3.63, 3.8) is 0 Å². The molecular formula is C24H26N2O3. The Balaban J connectivity index is 1.74. The Morgan fingerprint density at radius 3 is 2.59 bits per heavy atom. The van der Waals surface area contributed by atoms with Crippen LogP contribution in [0.2, 0.25) is 0 Å². The molecule has 0 heterocycles. The van der Waals surface area contributed by atoms with E-state index in [4.69, 9.17) is 9.47 Å². The molecule has 1 fully saturated rings. The first kappa shape index (κ1) is 20.5. The summed E-state index contributed by atoms with van der Waals surface area (Å²) in [4.78, 5) is 12.5. The summed E-state index contributed by atoms with van der Waals surface area (Å²) in [5.41, 5.74) is 1.85. The minimum Gasteiger partial charge on any atom is -0.493 e. The standard InChI is InChI=1S/C24H26N2O3/c1-28-22-13-12-19(15-23(22)29-17-18-8-4-2-5-9-18)14-20(16-25)24(27)26-21-10-6-3-7-11-21/h2,4-5,8-9,12-15,21H,3,6-7,10-11,17H2,1H3,(H,26,27)/b20-14+. The first-order valence-corrected chi connectivity index (χ1v) is 9.97. The number of rotatable bonds is 7. The summed E-state index contributed by atoms with van der Waals surface area (Å²) in [6, 6.07) is 17.4. The topological polar surface area (TPSA) is 71.3 Å². The van der Waals surface area contributed by atoms with Crippen molar-refractivity contribution in [2.75, 3.05) is 7.11 Å². The molecule has 1 aliphatic carbocycles. The fourth-order valence-electron chi connectivity index (χ4n) is 3.46. The van der Waals surface area contributed by atoms with Crippen LogP contribution in [0.5, 0.6) is 11.5 Å². The number of nitrogens with one attached hydrogen (secondary N) is 1. The Hall–Kier alpha value is -3.26. The van der Waals surface area contributed by atoms with Crippen LogP contribution >= 0.6 is 0 Å². The molecule has 5 nitrogen and oxygen atoms in total. The molecule has 2 aromatic carbocycles. The number of nitriles is 1. The lowest BCUT2D eigenvalue weighted by Crippen LogP contribution is -2.36. The second kappa shape index (κ2) is 10.3. The third-order valence-electron chi connectivity index (χ3n) is 5.04. The Kier molecular flexibility index (Phi) is 7.29. The minimum atomic E-state index is -0.318. The molecule has 1 amide bonds. The van der Waals surface area contributed by atoms with Gasteiger partial charge in [0, 0.05) is 6.04 Å². The maximum absolute atomic E-state index is 12.5. The average Bonchev–Trinajstić information content (AvgIpc) is 2.77. The van der Waals surface area contributed by atoms with Gasteiger partial charge in [0.05, 0.1) is 7.11 Å². The van der Waals surface area contributed by atoms with E-state index in [-0.39, 0.29) is 17.5 Å². The molecule has 2 aromatic rings. The summed E-state index contributed by atoms with van der Waals surface area (Å²) >= 11 is 0. The third-order valence-corrected chi connectivity index (χ3v) is 5.04. The van der Waals surface area contributed by atoms with Gasteiger partial charge in [0.15, 0.2) is 11.5 Å². The van der Waals surface area contributed by atoms with Gasteiger partial charge in [0.1, 0.15) is 18.2 Å². The highest BCUT2D eigenvalue weighted by Gasteiger charge is 2.18. The highest BCUT2D eigenvalue weighted by atomic mass is 16.5. The molecule has 5 heteroatoms. The van der Waals surface area contributed by atoms with Gasteiger partial charge >= 0.3 is 0 Å². The zero-order valence-corrected chi connectivity index (χ0v) is 16.7. The third kappa shape index (κ3) is 5.86. The van der Waals surface area contributed by atoms with E-state index in [0.29, 0.717) is 23.7 Å². The summed E-state index contributed by atoms with van der Waals surface area (Å²) in [6.07, 6.45) is 7.00. The number of hydrogen-bond donors (Lipinski definition) is 1. The fraction of sp³-hybridized carbons (Fsp3) is 0.333. The van der Waals surface area contributed by atoms with Gasteiger partial charge in [-0.3, -0.25) is 4.79 Å². The first-order chi connectivity index (χ1) is 14.2.